The van der Waals surface area contributed by atoms with Crippen LogP contribution in [0.2, 0.25) is 0 Å². The smallest absolute Gasteiger partial charge is 0.251 e. The summed E-state index contributed by atoms with van der Waals surface area (Å²) in [6.07, 6.45) is 5.65. The van der Waals surface area contributed by atoms with E-state index in [1.807, 2.05) is 4.90 Å². The third kappa shape index (κ3) is 4.37. The molecular weight excluding hydrogens is 400 g/mol. The van der Waals surface area contributed by atoms with Crippen molar-refractivity contribution in [1.82, 2.24) is 10.2 Å². The number of anilines is 2. The Balaban J connectivity index is 1.17. The Morgan fingerprint density at radius 2 is 1.72 bits per heavy atom. The van der Waals surface area contributed by atoms with E-state index in [2.05, 4.69) is 34.5 Å². The molecule has 3 fully saturated rings. The molecule has 2 aliphatic heterocycles. The number of nitrogens with two attached hydrogens (primary N) is 1. The van der Waals surface area contributed by atoms with E-state index in [1.165, 1.54) is 50.9 Å². The molecule has 5 rings (SSSR count). The van der Waals surface area contributed by atoms with Gasteiger partial charge in [-0.05, 0) is 80.7 Å². The highest BCUT2D eigenvalue weighted by Gasteiger charge is 2.45. The van der Waals surface area contributed by atoms with E-state index in [0.717, 1.165) is 5.69 Å². The number of carbonyl (C=O) groups excluding carboxylic acids is 2. The molecule has 6 heteroatoms. The van der Waals surface area contributed by atoms with E-state index >= 15 is 0 Å². The van der Waals surface area contributed by atoms with Gasteiger partial charge in [0.15, 0.2) is 0 Å². The zero-order valence-electron chi connectivity index (χ0n) is 18.6. The van der Waals surface area contributed by atoms with Crippen molar-refractivity contribution in [2.75, 3.05) is 43.4 Å². The van der Waals surface area contributed by atoms with Crippen LogP contribution in [0.1, 0.15) is 48.0 Å². The van der Waals surface area contributed by atoms with Gasteiger partial charge >= 0.3 is 0 Å². The molecule has 0 bridgehead atoms. The Morgan fingerprint density at radius 3 is 2.38 bits per heavy atom. The van der Waals surface area contributed by atoms with Gasteiger partial charge in [0.25, 0.3) is 5.91 Å². The van der Waals surface area contributed by atoms with E-state index < -0.39 is 0 Å². The first-order chi connectivity index (χ1) is 15.5. The van der Waals surface area contributed by atoms with Gasteiger partial charge in [-0.1, -0.05) is 12.1 Å². The average Bonchev–Trinajstić information content (AvgIpc) is 3.21. The summed E-state index contributed by atoms with van der Waals surface area (Å²) >= 11 is 0. The molecule has 3 N–H and O–H groups in total. The summed E-state index contributed by atoms with van der Waals surface area (Å²) in [6, 6.07) is 15.5. The third-order valence-corrected chi connectivity index (χ3v) is 7.30. The largest absolute Gasteiger partial charge is 0.399 e. The van der Waals surface area contributed by atoms with Crippen LogP contribution in [0.3, 0.4) is 0 Å². The van der Waals surface area contributed by atoms with Crippen LogP contribution in [-0.2, 0) is 10.2 Å². The molecule has 168 valence electrons. The van der Waals surface area contributed by atoms with Crippen molar-refractivity contribution >= 4 is 23.2 Å². The van der Waals surface area contributed by atoms with E-state index in [1.54, 1.807) is 24.3 Å². The summed E-state index contributed by atoms with van der Waals surface area (Å²) in [5.41, 5.74) is 9.59. The monoisotopic (exact) mass is 432 g/mol. The molecule has 2 saturated heterocycles. The highest BCUT2D eigenvalue weighted by Crippen LogP contribution is 2.49. The molecule has 0 aromatic heterocycles. The van der Waals surface area contributed by atoms with Gasteiger partial charge in [0, 0.05) is 54.3 Å². The lowest BCUT2D eigenvalue weighted by Gasteiger charge is -2.24. The number of nitrogen functional groups attached to an aromatic ring is 1. The van der Waals surface area contributed by atoms with Crippen LogP contribution in [0.4, 0.5) is 11.4 Å². The minimum atomic E-state index is -0.131. The fourth-order valence-electron chi connectivity index (χ4n) is 5.19. The number of hydrogen-bond donors (Lipinski definition) is 2. The summed E-state index contributed by atoms with van der Waals surface area (Å²) in [5, 5.41) is 2.96. The second-order valence-corrected chi connectivity index (χ2v) is 9.72. The van der Waals surface area contributed by atoms with Crippen molar-refractivity contribution < 1.29 is 9.59 Å². The Morgan fingerprint density at radius 1 is 1.03 bits per heavy atom. The highest BCUT2D eigenvalue weighted by molar-refractivity contribution is 5.96. The maximum absolute atomic E-state index is 12.7. The Hall–Kier alpha value is -2.86. The second-order valence-electron chi connectivity index (χ2n) is 9.72. The Bertz CT molecular complexity index is 976. The maximum Gasteiger partial charge on any atom is 0.251 e. The molecule has 1 atom stereocenters. The summed E-state index contributed by atoms with van der Waals surface area (Å²) < 4.78 is 0. The summed E-state index contributed by atoms with van der Waals surface area (Å²) in [4.78, 5) is 29.5. The quantitative estimate of drug-likeness (QED) is 0.659. The van der Waals surface area contributed by atoms with Crippen molar-refractivity contribution in [3.63, 3.8) is 0 Å². The van der Waals surface area contributed by atoms with Gasteiger partial charge in [-0.2, -0.15) is 0 Å². The first-order valence-electron chi connectivity index (χ1n) is 11.8. The van der Waals surface area contributed by atoms with E-state index in [4.69, 9.17) is 5.73 Å². The summed E-state index contributed by atoms with van der Waals surface area (Å²) in [6.45, 7) is 4.77. The molecule has 2 aromatic carbocycles. The molecule has 2 amide bonds. The van der Waals surface area contributed by atoms with Crippen LogP contribution in [0, 0.1) is 5.92 Å². The minimum Gasteiger partial charge on any atom is -0.399 e. The van der Waals surface area contributed by atoms with Gasteiger partial charge in [0.05, 0.1) is 0 Å². The fraction of sp³-hybridized carbons (Fsp3) is 0.462. The first-order valence-corrected chi connectivity index (χ1v) is 11.8. The molecule has 6 nitrogen and oxygen atoms in total. The molecule has 0 radical (unpaired) electrons. The van der Waals surface area contributed by atoms with Crippen molar-refractivity contribution in [2.24, 2.45) is 5.92 Å². The predicted octanol–water partition coefficient (Wildman–Crippen LogP) is 3.18. The highest BCUT2D eigenvalue weighted by atomic mass is 16.2. The topological polar surface area (TPSA) is 78.7 Å². The molecule has 2 heterocycles. The number of nitrogens with zero attached hydrogens (tertiary/aromatic N) is 2. The number of nitrogens with one attached hydrogen (secondary N) is 1. The van der Waals surface area contributed by atoms with Gasteiger partial charge in [-0.3, -0.25) is 9.59 Å². The minimum absolute atomic E-state index is 0.116. The van der Waals surface area contributed by atoms with Crippen LogP contribution in [0.5, 0.6) is 0 Å². The normalized spacial score (nSPS) is 22.3. The number of rotatable bonds is 7. The van der Waals surface area contributed by atoms with E-state index in [0.29, 0.717) is 36.2 Å². The van der Waals surface area contributed by atoms with Crippen molar-refractivity contribution in [2.45, 2.75) is 37.5 Å². The predicted molar refractivity (Wildman–Crippen MR) is 127 cm³/mol. The summed E-state index contributed by atoms with van der Waals surface area (Å²) in [7, 11) is 0. The number of hydrogen-bond acceptors (Lipinski definition) is 4. The number of benzene rings is 2. The number of likely N-dealkylation sites (tertiary alicyclic amines) is 1. The Kier molecular flexibility index (Phi) is 5.64. The standard InChI is InChI=1S/C26H32N4O2/c27-22-7-3-20(4-8-22)25(32)28-16-19-15-24(31)30(17-19)23-9-5-21(6-10-23)26(11-12-26)18-29-13-1-2-14-29/h3-10,19H,1-2,11-18,27H2,(H,28,32). The first kappa shape index (κ1) is 21.0. The molecule has 1 aliphatic carbocycles. The van der Waals surface area contributed by atoms with Gasteiger partial charge < -0.3 is 20.9 Å². The molecule has 2 aromatic rings. The fourth-order valence-corrected chi connectivity index (χ4v) is 5.19. The molecule has 32 heavy (non-hydrogen) atoms. The average molecular weight is 433 g/mol. The van der Waals surface area contributed by atoms with E-state index in [9.17, 15) is 9.59 Å². The van der Waals surface area contributed by atoms with Crippen LogP contribution in [0.15, 0.2) is 48.5 Å². The van der Waals surface area contributed by atoms with Gasteiger partial charge in [0.1, 0.15) is 0 Å². The molecule has 3 aliphatic rings. The van der Waals surface area contributed by atoms with E-state index in [-0.39, 0.29) is 17.7 Å². The van der Waals surface area contributed by atoms with Crippen LogP contribution >= 0.6 is 0 Å². The van der Waals surface area contributed by atoms with Crippen LogP contribution in [0.25, 0.3) is 0 Å². The molecular formula is C26H32N4O2. The lowest BCUT2D eigenvalue weighted by molar-refractivity contribution is -0.117. The Labute approximate surface area is 189 Å². The van der Waals surface area contributed by atoms with Gasteiger partial charge in [-0.25, -0.2) is 0 Å². The lowest BCUT2D eigenvalue weighted by Crippen LogP contribution is -2.31. The van der Waals surface area contributed by atoms with Crippen molar-refractivity contribution in [1.29, 1.82) is 0 Å². The number of carbonyl (C=O) groups is 2. The van der Waals surface area contributed by atoms with Crippen LogP contribution < -0.4 is 16.0 Å². The van der Waals surface area contributed by atoms with Crippen LogP contribution in [-0.4, -0.2) is 49.4 Å². The third-order valence-electron chi connectivity index (χ3n) is 7.30. The zero-order chi connectivity index (χ0) is 22.1. The molecule has 1 saturated carbocycles. The molecule has 0 spiro atoms. The number of amides is 2. The van der Waals surface area contributed by atoms with Gasteiger partial charge in [-0.15, -0.1) is 0 Å². The lowest BCUT2D eigenvalue weighted by atomic mass is 9.95. The second kappa shape index (κ2) is 8.58. The van der Waals surface area contributed by atoms with Crippen molar-refractivity contribution in [3.05, 3.63) is 59.7 Å². The zero-order valence-corrected chi connectivity index (χ0v) is 18.6. The summed E-state index contributed by atoms with van der Waals surface area (Å²) in [5.74, 6) is 0.112. The maximum atomic E-state index is 12.7. The SMILES string of the molecule is Nc1ccc(C(=O)NCC2CC(=O)N(c3ccc(C4(CN5CCCC5)CC4)cc3)C2)cc1. The van der Waals surface area contributed by atoms with Gasteiger partial charge in [0.2, 0.25) is 5.91 Å². The van der Waals surface area contributed by atoms with Crippen molar-refractivity contribution in [3.8, 4) is 0 Å². The molecule has 1 unspecified atom stereocenters.